The van der Waals surface area contributed by atoms with Gasteiger partial charge in [-0.05, 0) is 61.9 Å². The molecule has 2 aromatic carbocycles. The van der Waals surface area contributed by atoms with E-state index in [2.05, 4.69) is 40.7 Å². The second-order valence-electron chi connectivity index (χ2n) is 7.38. The van der Waals surface area contributed by atoms with Gasteiger partial charge in [0.15, 0.2) is 0 Å². The second-order valence-corrected chi connectivity index (χ2v) is 7.38. The zero-order valence-corrected chi connectivity index (χ0v) is 16.8. The number of nitrogens with one attached hydrogen (secondary N) is 2. The van der Waals surface area contributed by atoms with Crippen LogP contribution in [0.15, 0.2) is 42.5 Å². The van der Waals surface area contributed by atoms with Crippen molar-refractivity contribution in [2.24, 2.45) is 0 Å². The Morgan fingerprint density at radius 1 is 1.07 bits per heavy atom. The third-order valence-electron chi connectivity index (χ3n) is 5.07. The van der Waals surface area contributed by atoms with Crippen LogP contribution in [0.5, 0.6) is 0 Å². The van der Waals surface area contributed by atoms with E-state index in [1.165, 1.54) is 23.2 Å². The average molecular weight is 380 g/mol. The number of hydrogen-bond acceptors (Lipinski definition) is 3. The Labute approximate surface area is 167 Å². The molecule has 5 heteroatoms. The minimum atomic E-state index is -0.635. The topological polar surface area (TPSA) is 61.4 Å². The van der Waals surface area contributed by atoms with Gasteiger partial charge in [-0.25, -0.2) is 0 Å². The van der Waals surface area contributed by atoms with E-state index in [4.69, 9.17) is 0 Å². The SMILES string of the molecule is CCCN1CCCc2cc(CCNC(=O)C(=O)Nc3ccc(C)cc3)ccc21. The first-order chi connectivity index (χ1) is 13.6. The van der Waals surface area contributed by atoms with Gasteiger partial charge in [-0.15, -0.1) is 0 Å². The highest BCUT2D eigenvalue weighted by Gasteiger charge is 2.17. The third kappa shape index (κ3) is 5.12. The molecule has 148 valence electrons. The zero-order valence-electron chi connectivity index (χ0n) is 16.8. The summed E-state index contributed by atoms with van der Waals surface area (Å²) in [5, 5.41) is 5.33. The van der Waals surface area contributed by atoms with Crippen molar-refractivity contribution < 1.29 is 9.59 Å². The van der Waals surface area contributed by atoms with Crippen molar-refractivity contribution in [3.8, 4) is 0 Å². The number of aryl methyl sites for hydroxylation is 2. The highest BCUT2D eigenvalue weighted by atomic mass is 16.2. The van der Waals surface area contributed by atoms with Crippen LogP contribution in [0.2, 0.25) is 0 Å². The summed E-state index contributed by atoms with van der Waals surface area (Å²) in [5.74, 6) is -1.24. The van der Waals surface area contributed by atoms with Crippen molar-refractivity contribution in [1.29, 1.82) is 0 Å². The third-order valence-corrected chi connectivity index (χ3v) is 5.07. The van der Waals surface area contributed by atoms with Crippen molar-refractivity contribution in [2.45, 2.75) is 39.5 Å². The molecule has 0 radical (unpaired) electrons. The molecule has 2 N–H and O–H groups in total. The van der Waals surface area contributed by atoms with Gasteiger partial charge in [-0.2, -0.15) is 0 Å². The number of hydrogen-bond donors (Lipinski definition) is 2. The Bertz CT molecular complexity index is 830. The fraction of sp³-hybridized carbons (Fsp3) is 0.391. The predicted octanol–water partition coefficient (Wildman–Crippen LogP) is 3.46. The van der Waals surface area contributed by atoms with E-state index in [-0.39, 0.29) is 0 Å². The predicted molar refractivity (Wildman–Crippen MR) is 114 cm³/mol. The maximum atomic E-state index is 12.0. The standard InChI is InChI=1S/C23H29N3O2/c1-3-14-26-15-4-5-19-16-18(8-11-21(19)26)12-13-24-22(27)23(28)25-20-9-6-17(2)7-10-20/h6-11,16H,3-5,12-15H2,1-2H3,(H,24,27)(H,25,28). The maximum absolute atomic E-state index is 12.0. The zero-order chi connectivity index (χ0) is 19.9. The van der Waals surface area contributed by atoms with Gasteiger partial charge in [0.2, 0.25) is 0 Å². The first-order valence-corrected chi connectivity index (χ1v) is 10.1. The summed E-state index contributed by atoms with van der Waals surface area (Å²) in [5.41, 5.74) is 5.65. The molecular formula is C23H29N3O2. The summed E-state index contributed by atoms with van der Waals surface area (Å²) in [6, 6.07) is 13.9. The largest absolute Gasteiger partial charge is 0.371 e. The van der Waals surface area contributed by atoms with Crippen LogP contribution in [0.25, 0.3) is 0 Å². The van der Waals surface area contributed by atoms with Crippen LogP contribution in [0.4, 0.5) is 11.4 Å². The fourth-order valence-electron chi connectivity index (χ4n) is 3.61. The van der Waals surface area contributed by atoms with Gasteiger partial charge in [0.05, 0.1) is 0 Å². The molecule has 0 bridgehead atoms. The molecule has 1 heterocycles. The highest BCUT2D eigenvalue weighted by molar-refractivity contribution is 6.39. The Hall–Kier alpha value is -2.82. The van der Waals surface area contributed by atoms with Crippen LogP contribution < -0.4 is 15.5 Å². The summed E-state index contributed by atoms with van der Waals surface area (Å²) in [7, 11) is 0. The summed E-state index contributed by atoms with van der Waals surface area (Å²) < 4.78 is 0. The average Bonchev–Trinajstić information content (AvgIpc) is 2.70. The van der Waals surface area contributed by atoms with Gasteiger partial charge in [0.25, 0.3) is 0 Å². The lowest BCUT2D eigenvalue weighted by molar-refractivity contribution is -0.136. The van der Waals surface area contributed by atoms with Gasteiger partial charge in [0, 0.05) is 31.0 Å². The minimum absolute atomic E-state index is 0.442. The number of carbonyl (C=O) groups excluding carboxylic acids is 2. The van der Waals surface area contributed by atoms with Gasteiger partial charge in [-0.1, -0.05) is 36.8 Å². The van der Waals surface area contributed by atoms with Crippen LogP contribution in [0.1, 0.15) is 36.5 Å². The maximum Gasteiger partial charge on any atom is 0.313 e. The van der Waals surface area contributed by atoms with E-state index in [0.29, 0.717) is 18.7 Å². The van der Waals surface area contributed by atoms with Crippen LogP contribution in [0, 0.1) is 6.92 Å². The molecule has 5 nitrogen and oxygen atoms in total. The van der Waals surface area contributed by atoms with Crippen molar-refractivity contribution in [2.75, 3.05) is 29.9 Å². The number of anilines is 2. The number of rotatable bonds is 6. The van der Waals surface area contributed by atoms with E-state index in [1.54, 1.807) is 12.1 Å². The Morgan fingerprint density at radius 2 is 1.86 bits per heavy atom. The molecule has 0 aromatic heterocycles. The van der Waals surface area contributed by atoms with Crippen LogP contribution >= 0.6 is 0 Å². The van der Waals surface area contributed by atoms with E-state index >= 15 is 0 Å². The molecule has 0 atom stereocenters. The first-order valence-electron chi connectivity index (χ1n) is 10.1. The Kier molecular flexibility index (Phi) is 6.69. The molecule has 28 heavy (non-hydrogen) atoms. The lowest BCUT2D eigenvalue weighted by atomic mass is 9.98. The van der Waals surface area contributed by atoms with Crippen LogP contribution in [-0.4, -0.2) is 31.4 Å². The van der Waals surface area contributed by atoms with E-state index < -0.39 is 11.8 Å². The lowest BCUT2D eigenvalue weighted by Crippen LogP contribution is -2.36. The monoisotopic (exact) mass is 379 g/mol. The molecule has 0 spiro atoms. The minimum Gasteiger partial charge on any atom is -0.371 e. The molecule has 0 fully saturated rings. The smallest absolute Gasteiger partial charge is 0.313 e. The molecule has 0 saturated heterocycles. The quantitative estimate of drug-likeness (QED) is 0.756. The summed E-state index contributed by atoms with van der Waals surface area (Å²) >= 11 is 0. The first kappa shape index (κ1) is 19.9. The van der Waals surface area contributed by atoms with Gasteiger partial charge in [0.1, 0.15) is 0 Å². The number of nitrogens with zero attached hydrogens (tertiary/aromatic N) is 1. The molecule has 0 saturated carbocycles. The summed E-state index contributed by atoms with van der Waals surface area (Å²) in [6.45, 7) is 6.85. The van der Waals surface area contributed by atoms with Gasteiger partial charge in [-0.3, -0.25) is 9.59 Å². The number of fused-ring (bicyclic) bond motifs is 1. The second kappa shape index (κ2) is 9.40. The van der Waals surface area contributed by atoms with Crippen LogP contribution in [0.3, 0.4) is 0 Å². The van der Waals surface area contributed by atoms with Crippen molar-refractivity contribution in [3.63, 3.8) is 0 Å². The molecule has 1 aliphatic heterocycles. The summed E-state index contributed by atoms with van der Waals surface area (Å²) in [6.07, 6.45) is 4.16. The Balaban J connectivity index is 1.50. The number of carbonyl (C=O) groups is 2. The summed E-state index contributed by atoms with van der Waals surface area (Å²) in [4.78, 5) is 26.5. The number of amides is 2. The molecule has 1 aliphatic rings. The van der Waals surface area contributed by atoms with Crippen molar-refractivity contribution in [1.82, 2.24) is 5.32 Å². The van der Waals surface area contributed by atoms with Crippen molar-refractivity contribution in [3.05, 3.63) is 59.2 Å². The van der Waals surface area contributed by atoms with E-state index in [1.807, 2.05) is 19.1 Å². The van der Waals surface area contributed by atoms with Crippen molar-refractivity contribution >= 4 is 23.2 Å². The molecule has 3 rings (SSSR count). The van der Waals surface area contributed by atoms with Crippen LogP contribution in [-0.2, 0) is 22.4 Å². The molecule has 0 unspecified atom stereocenters. The lowest BCUT2D eigenvalue weighted by Gasteiger charge is -2.31. The Morgan fingerprint density at radius 3 is 2.61 bits per heavy atom. The molecule has 0 aliphatic carbocycles. The van der Waals surface area contributed by atoms with E-state index in [0.717, 1.165) is 31.5 Å². The molecular weight excluding hydrogens is 350 g/mol. The highest BCUT2D eigenvalue weighted by Crippen LogP contribution is 2.28. The number of benzene rings is 2. The normalized spacial score (nSPS) is 13.0. The molecule has 2 aromatic rings. The van der Waals surface area contributed by atoms with Gasteiger partial charge < -0.3 is 15.5 Å². The molecule has 2 amide bonds. The van der Waals surface area contributed by atoms with Gasteiger partial charge >= 0.3 is 11.8 Å². The fourth-order valence-corrected chi connectivity index (χ4v) is 3.61. The van der Waals surface area contributed by atoms with E-state index in [9.17, 15) is 9.59 Å².